The summed E-state index contributed by atoms with van der Waals surface area (Å²) < 4.78 is 0. The Hall–Kier alpha value is -2.95. The first-order valence-corrected chi connectivity index (χ1v) is 8.76. The summed E-state index contributed by atoms with van der Waals surface area (Å²) in [5, 5.41) is 2.91. The van der Waals surface area contributed by atoms with Gasteiger partial charge in [-0.15, -0.1) is 0 Å². The van der Waals surface area contributed by atoms with E-state index in [1.807, 2.05) is 30.3 Å². The monoisotopic (exact) mass is 350 g/mol. The predicted octanol–water partition coefficient (Wildman–Crippen LogP) is 3.68. The molecule has 2 atom stereocenters. The zero-order valence-electron chi connectivity index (χ0n) is 15.2. The number of nitrogens with zero attached hydrogens (tertiary/aromatic N) is 1. The minimum atomic E-state index is -0.345. The van der Waals surface area contributed by atoms with Crippen molar-refractivity contribution in [2.45, 2.75) is 26.2 Å². The van der Waals surface area contributed by atoms with Crippen molar-refractivity contribution in [3.05, 3.63) is 65.2 Å². The lowest BCUT2D eigenvalue weighted by Gasteiger charge is -2.23. The fourth-order valence-corrected chi connectivity index (χ4v) is 3.29. The molecule has 0 aliphatic carbocycles. The minimum Gasteiger partial charge on any atom is -0.326 e. The van der Waals surface area contributed by atoms with Crippen LogP contribution in [0.1, 0.15) is 52.5 Å². The molecule has 26 heavy (non-hydrogen) atoms. The molecule has 1 heterocycles. The number of hydrogen-bond acceptors (Lipinski definition) is 3. The van der Waals surface area contributed by atoms with Gasteiger partial charge in [0, 0.05) is 12.7 Å². The maximum absolute atomic E-state index is 13.0. The highest BCUT2D eigenvalue weighted by Crippen LogP contribution is 2.30. The zero-order chi connectivity index (χ0) is 18.8. The standard InChI is InChI=1S/C21H22N2O3/c1-4-13(2)18(14-8-6-5-7-9-14)19(24)22-15-10-11-16-17(12-15)21(26)23(3)20(16)25/h5-13,18H,4H2,1-3H3,(H,22,24)/t13-,18+/m0/s1. The summed E-state index contributed by atoms with van der Waals surface area (Å²) in [7, 11) is 1.46. The largest absolute Gasteiger partial charge is 0.326 e. The SMILES string of the molecule is CC[C@H](C)[C@@H](C(=O)Nc1ccc2c(c1)C(=O)N(C)C2=O)c1ccccc1. The molecule has 1 N–H and O–H groups in total. The van der Waals surface area contributed by atoms with Gasteiger partial charge in [-0.25, -0.2) is 0 Å². The topological polar surface area (TPSA) is 66.5 Å². The van der Waals surface area contributed by atoms with Gasteiger partial charge in [-0.1, -0.05) is 50.6 Å². The van der Waals surface area contributed by atoms with Crippen LogP contribution < -0.4 is 5.32 Å². The summed E-state index contributed by atoms with van der Waals surface area (Å²) >= 11 is 0. The number of benzene rings is 2. The molecule has 2 aromatic carbocycles. The Morgan fingerprint density at radius 1 is 1.04 bits per heavy atom. The smallest absolute Gasteiger partial charge is 0.261 e. The molecule has 0 radical (unpaired) electrons. The fourth-order valence-electron chi connectivity index (χ4n) is 3.29. The molecule has 0 saturated heterocycles. The van der Waals surface area contributed by atoms with E-state index in [0.717, 1.165) is 16.9 Å². The first-order chi connectivity index (χ1) is 12.4. The molecule has 5 nitrogen and oxygen atoms in total. The first kappa shape index (κ1) is 17.9. The number of fused-ring (bicyclic) bond motifs is 1. The van der Waals surface area contributed by atoms with Crippen molar-refractivity contribution in [3.63, 3.8) is 0 Å². The van der Waals surface area contributed by atoms with Crippen molar-refractivity contribution >= 4 is 23.4 Å². The Bertz CT molecular complexity index is 861. The maximum atomic E-state index is 13.0. The molecule has 0 bridgehead atoms. The van der Waals surface area contributed by atoms with Crippen molar-refractivity contribution in [2.75, 3.05) is 12.4 Å². The number of nitrogens with one attached hydrogen (secondary N) is 1. The molecule has 134 valence electrons. The third-order valence-corrected chi connectivity index (χ3v) is 5.01. The average molecular weight is 350 g/mol. The second kappa shape index (κ2) is 7.12. The minimum absolute atomic E-state index is 0.115. The van der Waals surface area contributed by atoms with E-state index in [0.29, 0.717) is 16.8 Å². The summed E-state index contributed by atoms with van der Waals surface area (Å²) in [6.45, 7) is 4.11. The number of anilines is 1. The van der Waals surface area contributed by atoms with Gasteiger partial charge in [0.2, 0.25) is 5.91 Å². The number of hydrogen-bond donors (Lipinski definition) is 1. The van der Waals surface area contributed by atoms with E-state index < -0.39 is 0 Å². The molecule has 3 amide bonds. The van der Waals surface area contributed by atoms with Crippen LogP contribution in [-0.4, -0.2) is 29.7 Å². The number of rotatable bonds is 5. The summed E-state index contributed by atoms with van der Waals surface area (Å²) in [6, 6.07) is 14.5. The molecule has 0 unspecified atom stereocenters. The van der Waals surface area contributed by atoms with Crippen LogP contribution >= 0.6 is 0 Å². The van der Waals surface area contributed by atoms with Gasteiger partial charge in [0.15, 0.2) is 0 Å². The second-order valence-electron chi connectivity index (χ2n) is 6.69. The number of carbonyl (C=O) groups excluding carboxylic acids is 3. The Morgan fingerprint density at radius 2 is 1.69 bits per heavy atom. The normalized spacial score (nSPS) is 15.6. The number of carbonyl (C=O) groups is 3. The van der Waals surface area contributed by atoms with Crippen molar-refractivity contribution < 1.29 is 14.4 Å². The summed E-state index contributed by atoms with van der Waals surface area (Å²) in [5.41, 5.74) is 2.19. The van der Waals surface area contributed by atoms with Crippen molar-refractivity contribution in [1.82, 2.24) is 4.90 Å². The van der Waals surface area contributed by atoms with E-state index in [9.17, 15) is 14.4 Å². The van der Waals surface area contributed by atoms with Crippen LogP contribution in [0.15, 0.2) is 48.5 Å². The highest BCUT2D eigenvalue weighted by Gasteiger charge is 2.33. The van der Waals surface area contributed by atoms with E-state index in [1.165, 1.54) is 7.05 Å². The lowest BCUT2D eigenvalue weighted by molar-refractivity contribution is -0.118. The Labute approximate surface area is 153 Å². The quantitative estimate of drug-likeness (QED) is 0.837. The molecule has 0 spiro atoms. The Kier molecular flexibility index (Phi) is 4.89. The lowest BCUT2D eigenvalue weighted by Crippen LogP contribution is -2.26. The summed E-state index contributed by atoms with van der Waals surface area (Å²) in [5.74, 6) is -0.890. The van der Waals surface area contributed by atoms with E-state index in [2.05, 4.69) is 19.2 Å². The van der Waals surface area contributed by atoms with E-state index >= 15 is 0 Å². The first-order valence-electron chi connectivity index (χ1n) is 8.76. The lowest BCUT2D eigenvalue weighted by atomic mass is 9.85. The maximum Gasteiger partial charge on any atom is 0.261 e. The third kappa shape index (κ3) is 3.12. The van der Waals surface area contributed by atoms with Crippen molar-refractivity contribution in [3.8, 4) is 0 Å². The average Bonchev–Trinajstić information content (AvgIpc) is 2.86. The third-order valence-electron chi connectivity index (χ3n) is 5.01. The predicted molar refractivity (Wildman–Crippen MR) is 100 cm³/mol. The van der Waals surface area contributed by atoms with Crippen LogP contribution in [0.5, 0.6) is 0 Å². The van der Waals surface area contributed by atoms with Gasteiger partial charge in [0.1, 0.15) is 0 Å². The number of amides is 3. The van der Waals surface area contributed by atoms with Crippen LogP contribution in [0.4, 0.5) is 5.69 Å². The zero-order valence-corrected chi connectivity index (χ0v) is 15.2. The van der Waals surface area contributed by atoms with Crippen molar-refractivity contribution in [2.24, 2.45) is 5.92 Å². The van der Waals surface area contributed by atoms with Crippen LogP contribution in [-0.2, 0) is 4.79 Å². The molecule has 1 aliphatic rings. The second-order valence-corrected chi connectivity index (χ2v) is 6.69. The van der Waals surface area contributed by atoms with E-state index in [4.69, 9.17) is 0 Å². The van der Waals surface area contributed by atoms with Gasteiger partial charge in [-0.3, -0.25) is 19.3 Å². The molecular formula is C21H22N2O3. The molecule has 0 aromatic heterocycles. The van der Waals surface area contributed by atoms with Gasteiger partial charge in [-0.05, 0) is 29.7 Å². The van der Waals surface area contributed by atoms with Gasteiger partial charge in [0.25, 0.3) is 11.8 Å². The van der Waals surface area contributed by atoms with Crippen LogP contribution in [0.3, 0.4) is 0 Å². The van der Waals surface area contributed by atoms with Crippen LogP contribution in [0.25, 0.3) is 0 Å². The highest BCUT2D eigenvalue weighted by molar-refractivity contribution is 6.21. The van der Waals surface area contributed by atoms with Gasteiger partial charge < -0.3 is 5.32 Å². The summed E-state index contributed by atoms with van der Waals surface area (Å²) in [4.78, 5) is 38.2. The van der Waals surface area contributed by atoms with Gasteiger partial charge in [0.05, 0.1) is 17.0 Å². The molecule has 1 aliphatic heterocycles. The van der Waals surface area contributed by atoms with Crippen LogP contribution in [0.2, 0.25) is 0 Å². The molecule has 3 rings (SSSR count). The van der Waals surface area contributed by atoms with E-state index in [1.54, 1.807) is 18.2 Å². The highest BCUT2D eigenvalue weighted by atomic mass is 16.2. The molecule has 5 heteroatoms. The molecule has 2 aromatic rings. The van der Waals surface area contributed by atoms with Gasteiger partial charge in [-0.2, -0.15) is 0 Å². The Morgan fingerprint density at radius 3 is 2.35 bits per heavy atom. The van der Waals surface area contributed by atoms with E-state index in [-0.39, 0.29) is 29.6 Å². The molecular weight excluding hydrogens is 328 g/mol. The molecule has 0 saturated carbocycles. The van der Waals surface area contributed by atoms with Gasteiger partial charge >= 0.3 is 0 Å². The molecule has 0 fully saturated rings. The van der Waals surface area contributed by atoms with Crippen LogP contribution in [0, 0.1) is 5.92 Å². The summed E-state index contributed by atoms with van der Waals surface area (Å²) in [6.07, 6.45) is 0.870. The van der Waals surface area contributed by atoms with Crippen molar-refractivity contribution in [1.29, 1.82) is 0 Å². The fraction of sp³-hybridized carbons (Fsp3) is 0.286. The Balaban J connectivity index is 1.87. The number of imide groups is 1.